The first-order valence-corrected chi connectivity index (χ1v) is 26.4. The molecule has 0 bridgehead atoms. The Morgan fingerprint density at radius 2 is 0.962 bits per heavy atom. The number of hydrogen-bond donors (Lipinski definition) is 2. The predicted molar refractivity (Wildman–Crippen MR) is 295 cm³/mol. The Morgan fingerprint density at radius 3 is 1.32 bits per heavy atom. The average molecular weight is 1090 g/mol. The number of nitro benzene ring substituents is 2. The number of benzene rings is 4. The summed E-state index contributed by atoms with van der Waals surface area (Å²) in [6.45, 7) is 7.26. The molecule has 8 rings (SSSR count). The summed E-state index contributed by atoms with van der Waals surface area (Å²) in [4.78, 5) is 119. The van der Waals surface area contributed by atoms with Crippen LogP contribution >= 0.6 is 11.8 Å². The van der Waals surface area contributed by atoms with Gasteiger partial charge in [-0.1, -0.05) is 48.2 Å². The number of nitro groups is 2. The highest BCUT2D eigenvalue weighted by Gasteiger charge is 2.31. The van der Waals surface area contributed by atoms with Gasteiger partial charge < -0.3 is 39.4 Å². The van der Waals surface area contributed by atoms with E-state index in [0.29, 0.717) is 65.2 Å². The second kappa shape index (κ2) is 26.2. The molecule has 2 N–H and O–H groups in total. The van der Waals surface area contributed by atoms with E-state index in [-0.39, 0.29) is 104 Å². The Kier molecular flexibility index (Phi) is 18.6. The van der Waals surface area contributed by atoms with Gasteiger partial charge in [-0.2, -0.15) is 0 Å². The van der Waals surface area contributed by atoms with Crippen LogP contribution in [0.3, 0.4) is 0 Å². The lowest BCUT2D eigenvalue weighted by atomic mass is 9.95. The van der Waals surface area contributed by atoms with Gasteiger partial charge in [-0.05, 0) is 83.6 Å². The highest BCUT2D eigenvalue weighted by atomic mass is 32.2. The SMILES string of the molecule is CC(=O)N1CCN(C(=O)C=Cc2ccc(Sc3ccc(C=CC(=O)N4CCN(C(C)=O)CC4)c(-c4cccc(C(=O)NCCCn5ccnc5)c4)c3[N+](=O)[O-])c([N+](=O)[O-])c2-c2cccc(C(=O)NCCCn3ccnc3)c2)CC1. The molecule has 2 fully saturated rings. The number of aromatic nitrogens is 4. The standard InChI is InChI=1S/C56H58N12O10S/c1-39(69)63-27-31-65(32-28-63)49(71)17-13-41-11-15-47(53(67(75)76)51(41)43-7-3-9-45(35-43)55(73)59-19-5-23-61-25-21-57-37-61)79-48-16-12-42(14-18-50(72)66-33-29-64(30-34-66)40(2)70)52(54(48)68(77)78)44-8-4-10-46(36-44)56(74)60-20-6-24-62-26-22-58-38-62/h3-4,7-18,21-22,25-26,35-38H,5-6,19-20,23-24,27-34H2,1-2H3,(H,59,73)(H,60,74). The van der Waals surface area contributed by atoms with Crippen LogP contribution in [0.5, 0.6) is 0 Å². The van der Waals surface area contributed by atoms with Crippen LogP contribution in [0.2, 0.25) is 0 Å². The molecule has 0 radical (unpaired) electrons. The molecule has 0 atom stereocenters. The van der Waals surface area contributed by atoms with E-state index in [2.05, 4.69) is 20.6 Å². The fraction of sp³-hybridized carbons (Fsp3) is 0.286. The fourth-order valence-corrected chi connectivity index (χ4v) is 10.4. The molecule has 0 aliphatic carbocycles. The smallest absolute Gasteiger partial charge is 0.291 e. The van der Waals surface area contributed by atoms with Crippen molar-refractivity contribution < 1.29 is 38.6 Å². The first-order chi connectivity index (χ1) is 38.1. The molecule has 6 amide bonds. The van der Waals surface area contributed by atoms with E-state index in [1.54, 1.807) is 93.2 Å². The van der Waals surface area contributed by atoms with Gasteiger partial charge in [0.1, 0.15) is 0 Å². The van der Waals surface area contributed by atoms with Crippen molar-refractivity contribution in [3.63, 3.8) is 0 Å². The van der Waals surface area contributed by atoms with E-state index in [1.165, 1.54) is 62.4 Å². The number of carbonyl (C=O) groups is 6. The molecule has 4 heterocycles. The number of carbonyl (C=O) groups excluding carboxylic acids is 6. The van der Waals surface area contributed by atoms with Crippen LogP contribution in [-0.4, -0.2) is 149 Å². The van der Waals surface area contributed by atoms with Crippen molar-refractivity contribution in [1.29, 1.82) is 0 Å². The number of imidazole rings is 2. The second-order valence-electron chi connectivity index (χ2n) is 18.7. The molecular weight excluding hydrogens is 1030 g/mol. The topological polar surface area (TPSA) is 261 Å². The predicted octanol–water partition coefficient (Wildman–Crippen LogP) is 6.43. The minimum Gasteiger partial charge on any atom is -0.352 e. The highest BCUT2D eigenvalue weighted by molar-refractivity contribution is 7.99. The zero-order valence-electron chi connectivity index (χ0n) is 43.6. The Balaban J connectivity index is 1.18. The Labute approximate surface area is 459 Å². The van der Waals surface area contributed by atoms with E-state index in [1.807, 2.05) is 21.5 Å². The van der Waals surface area contributed by atoms with Gasteiger partial charge in [-0.3, -0.25) is 49.0 Å². The van der Waals surface area contributed by atoms with Gasteiger partial charge >= 0.3 is 0 Å². The summed E-state index contributed by atoms with van der Waals surface area (Å²) < 4.78 is 3.75. The lowest BCUT2D eigenvalue weighted by molar-refractivity contribution is -0.387. The van der Waals surface area contributed by atoms with Crippen LogP contribution in [0, 0.1) is 20.2 Å². The minimum absolute atomic E-state index is 0.0146. The van der Waals surface area contributed by atoms with Crippen molar-refractivity contribution in [3.8, 4) is 22.3 Å². The molecule has 0 unspecified atom stereocenters. The molecule has 6 aromatic rings. The van der Waals surface area contributed by atoms with Gasteiger partial charge in [0.25, 0.3) is 23.2 Å². The normalized spacial score (nSPS) is 13.7. The minimum atomic E-state index is -0.607. The molecule has 2 aliphatic rings. The zero-order valence-corrected chi connectivity index (χ0v) is 44.4. The van der Waals surface area contributed by atoms with Crippen LogP contribution < -0.4 is 10.6 Å². The van der Waals surface area contributed by atoms with Gasteiger partial charge in [0.05, 0.1) is 43.4 Å². The summed E-state index contributed by atoms with van der Waals surface area (Å²) >= 11 is 0.760. The lowest BCUT2D eigenvalue weighted by Gasteiger charge is -2.33. The first-order valence-electron chi connectivity index (χ1n) is 25.6. The third-order valence-electron chi connectivity index (χ3n) is 13.5. The number of rotatable bonds is 20. The fourth-order valence-electron chi connectivity index (χ4n) is 9.32. The van der Waals surface area contributed by atoms with E-state index < -0.39 is 33.0 Å². The summed E-state index contributed by atoms with van der Waals surface area (Å²) in [6, 6.07) is 18.6. The molecule has 23 heteroatoms. The molecule has 0 spiro atoms. The summed E-state index contributed by atoms with van der Waals surface area (Å²) in [5.74, 6) is -1.85. The molecule has 2 aliphatic heterocycles. The molecule has 0 saturated carbocycles. The average Bonchev–Trinajstić information content (AvgIpc) is 4.27. The Bertz CT molecular complexity index is 3090. The maximum atomic E-state index is 13.6. The molecule has 408 valence electrons. The number of nitrogens with zero attached hydrogens (tertiary/aromatic N) is 10. The Hall–Kier alpha value is -9.25. The van der Waals surface area contributed by atoms with Crippen molar-refractivity contribution in [2.75, 3.05) is 65.4 Å². The summed E-state index contributed by atoms with van der Waals surface area (Å²) in [6.07, 6.45) is 17.0. The molecule has 79 heavy (non-hydrogen) atoms. The van der Waals surface area contributed by atoms with Gasteiger partial charge in [-0.15, -0.1) is 0 Å². The number of aryl methyl sites for hydroxylation is 2. The van der Waals surface area contributed by atoms with Gasteiger partial charge in [0.15, 0.2) is 0 Å². The molecule has 2 aromatic heterocycles. The Morgan fingerprint density at radius 1 is 0.570 bits per heavy atom. The lowest BCUT2D eigenvalue weighted by Crippen LogP contribution is -2.49. The van der Waals surface area contributed by atoms with Crippen LogP contribution in [0.1, 0.15) is 58.5 Å². The third kappa shape index (κ3) is 14.2. The van der Waals surface area contributed by atoms with Gasteiger partial charge in [0, 0.05) is 140 Å². The maximum absolute atomic E-state index is 13.6. The highest BCUT2D eigenvalue weighted by Crippen LogP contribution is 2.48. The zero-order chi connectivity index (χ0) is 56.0. The van der Waals surface area contributed by atoms with Crippen LogP contribution in [0.4, 0.5) is 11.4 Å². The number of piperazine rings is 2. The van der Waals surface area contributed by atoms with E-state index in [9.17, 15) is 49.0 Å². The largest absolute Gasteiger partial charge is 0.352 e. The van der Waals surface area contributed by atoms with Crippen LogP contribution in [-0.2, 0) is 32.3 Å². The van der Waals surface area contributed by atoms with Crippen molar-refractivity contribution in [2.24, 2.45) is 0 Å². The van der Waals surface area contributed by atoms with Crippen molar-refractivity contribution in [2.45, 2.75) is 49.6 Å². The van der Waals surface area contributed by atoms with Crippen molar-refractivity contribution >= 4 is 70.7 Å². The van der Waals surface area contributed by atoms with Gasteiger partial charge in [-0.25, -0.2) is 9.97 Å². The quantitative estimate of drug-likeness (QED) is 0.0362. The molecule has 22 nitrogen and oxygen atoms in total. The van der Waals surface area contributed by atoms with Crippen molar-refractivity contribution in [1.82, 2.24) is 49.3 Å². The second-order valence-corrected chi connectivity index (χ2v) is 19.8. The van der Waals surface area contributed by atoms with Crippen LogP contribution in [0.25, 0.3) is 34.4 Å². The third-order valence-corrected chi connectivity index (χ3v) is 14.6. The maximum Gasteiger partial charge on any atom is 0.291 e. The monoisotopic (exact) mass is 1090 g/mol. The van der Waals surface area contributed by atoms with Crippen molar-refractivity contribution in [3.05, 3.63) is 165 Å². The van der Waals surface area contributed by atoms with E-state index in [4.69, 9.17) is 0 Å². The number of nitrogens with one attached hydrogen (secondary N) is 2. The summed E-state index contributed by atoms with van der Waals surface area (Å²) in [5.41, 5.74) is 0.525. The van der Waals surface area contributed by atoms with E-state index >= 15 is 0 Å². The summed E-state index contributed by atoms with van der Waals surface area (Å²) in [7, 11) is 0. The molecule has 4 aromatic carbocycles. The van der Waals surface area contributed by atoms with E-state index in [0.717, 1.165) is 11.8 Å². The van der Waals surface area contributed by atoms with Gasteiger partial charge in [0.2, 0.25) is 23.6 Å². The number of amides is 6. The number of hydrogen-bond acceptors (Lipinski definition) is 13. The first kappa shape index (κ1) is 56.0. The molecule has 2 saturated heterocycles. The van der Waals surface area contributed by atoms with Crippen LogP contribution in [0.15, 0.2) is 132 Å². The summed E-state index contributed by atoms with van der Waals surface area (Å²) in [5, 5.41) is 33.0. The molecular formula is C56H58N12O10S.